The minimum Gasteiger partial charge on any atom is -0.494 e. The Hall–Kier alpha value is -4.66. The molecule has 0 heterocycles. The number of hydrogen-bond acceptors (Lipinski definition) is 6. The van der Waals surface area contributed by atoms with Gasteiger partial charge in [0.25, 0.3) is 5.91 Å². The molecule has 9 heteroatoms. The highest BCUT2D eigenvalue weighted by atomic mass is 16.5. The molecule has 40 heavy (non-hydrogen) atoms. The van der Waals surface area contributed by atoms with Crippen molar-refractivity contribution in [2.24, 2.45) is 5.73 Å². The van der Waals surface area contributed by atoms with E-state index in [2.05, 4.69) is 12.2 Å². The third kappa shape index (κ3) is 9.27. The average Bonchev–Trinajstić information content (AvgIpc) is 2.95. The molecule has 3 aromatic carbocycles. The maximum atomic E-state index is 12.5. The van der Waals surface area contributed by atoms with Crippen LogP contribution in [-0.2, 0) is 11.2 Å². The molecule has 9 nitrogen and oxygen atoms in total. The Kier molecular flexibility index (Phi) is 11.3. The fourth-order valence-corrected chi connectivity index (χ4v) is 3.91. The number of nitrogens with two attached hydrogens (primary N) is 1. The lowest BCUT2D eigenvalue weighted by Crippen LogP contribution is -2.42. The monoisotopic (exact) mass is 546 g/mol. The van der Waals surface area contributed by atoms with Gasteiger partial charge in [0.2, 0.25) is 5.91 Å². The Morgan fingerprint density at radius 1 is 0.775 bits per heavy atom. The lowest BCUT2D eigenvalue weighted by molar-refractivity contribution is -0.139. The van der Waals surface area contributed by atoms with E-state index in [1.807, 2.05) is 0 Å². The fraction of sp³-hybridized carbons (Fsp3) is 0.290. The van der Waals surface area contributed by atoms with Gasteiger partial charge in [-0.3, -0.25) is 9.59 Å². The van der Waals surface area contributed by atoms with Gasteiger partial charge in [-0.25, -0.2) is 9.59 Å². The van der Waals surface area contributed by atoms with Crippen LogP contribution in [0.4, 0.5) is 0 Å². The van der Waals surface area contributed by atoms with Gasteiger partial charge in [-0.1, -0.05) is 44.7 Å². The second kappa shape index (κ2) is 15.1. The number of esters is 1. The first kappa shape index (κ1) is 29.9. The van der Waals surface area contributed by atoms with Crippen molar-refractivity contribution in [3.63, 3.8) is 0 Å². The number of rotatable bonds is 15. The van der Waals surface area contributed by atoms with Gasteiger partial charge in [0.05, 0.1) is 12.2 Å². The zero-order valence-corrected chi connectivity index (χ0v) is 22.4. The van der Waals surface area contributed by atoms with Crippen LogP contribution < -0.4 is 20.5 Å². The molecule has 0 radical (unpaired) electrons. The van der Waals surface area contributed by atoms with Gasteiger partial charge >= 0.3 is 11.9 Å². The van der Waals surface area contributed by atoms with Gasteiger partial charge in [-0.15, -0.1) is 0 Å². The van der Waals surface area contributed by atoms with Gasteiger partial charge in [-0.2, -0.15) is 0 Å². The summed E-state index contributed by atoms with van der Waals surface area (Å²) < 4.78 is 11.2. The molecule has 1 unspecified atom stereocenters. The predicted molar refractivity (Wildman–Crippen MR) is 150 cm³/mol. The summed E-state index contributed by atoms with van der Waals surface area (Å²) in [6, 6.07) is 17.5. The predicted octanol–water partition coefficient (Wildman–Crippen LogP) is 4.78. The van der Waals surface area contributed by atoms with Crippen LogP contribution in [0.25, 0.3) is 0 Å². The van der Waals surface area contributed by atoms with E-state index in [1.54, 1.807) is 48.5 Å². The van der Waals surface area contributed by atoms with Crippen LogP contribution in [0.5, 0.6) is 11.5 Å². The van der Waals surface area contributed by atoms with Crippen LogP contribution in [-0.4, -0.2) is 41.5 Å². The molecular weight excluding hydrogens is 512 g/mol. The summed E-state index contributed by atoms with van der Waals surface area (Å²) in [6.45, 7) is 2.81. The van der Waals surface area contributed by atoms with Crippen LogP contribution >= 0.6 is 0 Å². The lowest BCUT2D eigenvalue weighted by Gasteiger charge is -2.15. The number of carboxylic acids is 1. The zero-order chi connectivity index (χ0) is 28.9. The van der Waals surface area contributed by atoms with Crippen LogP contribution in [0, 0.1) is 0 Å². The number of hydrogen-bond donors (Lipinski definition) is 3. The van der Waals surface area contributed by atoms with E-state index in [1.165, 1.54) is 43.5 Å². The van der Waals surface area contributed by atoms with Gasteiger partial charge in [0, 0.05) is 17.5 Å². The van der Waals surface area contributed by atoms with E-state index in [-0.39, 0.29) is 17.5 Å². The smallest absolute Gasteiger partial charge is 0.343 e. The number of benzene rings is 3. The van der Waals surface area contributed by atoms with E-state index >= 15 is 0 Å². The Labute approximate surface area is 233 Å². The fourth-order valence-electron chi connectivity index (χ4n) is 3.91. The molecule has 0 aliphatic carbocycles. The largest absolute Gasteiger partial charge is 0.494 e. The Morgan fingerprint density at radius 3 is 1.95 bits per heavy atom. The first-order chi connectivity index (χ1) is 19.3. The summed E-state index contributed by atoms with van der Waals surface area (Å²) in [5.74, 6) is -1.97. The van der Waals surface area contributed by atoms with Crippen molar-refractivity contribution in [3.8, 4) is 11.5 Å². The zero-order valence-electron chi connectivity index (χ0n) is 22.4. The Balaban J connectivity index is 1.51. The van der Waals surface area contributed by atoms with Crippen LogP contribution in [0.3, 0.4) is 0 Å². The Bertz CT molecular complexity index is 1290. The third-order valence-electron chi connectivity index (χ3n) is 6.22. The van der Waals surface area contributed by atoms with Crippen LogP contribution in [0.15, 0.2) is 72.8 Å². The van der Waals surface area contributed by atoms with Crippen LogP contribution in [0.1, 0.15) is 75.7 Å². The van der Waals surface area contributed by atoms with E-state index in [0.717, 1.165) is 12.8 Å². The van der Waals surface area contributed by atoms with Crippen molar-refractivity contribution in [2.75, 3.05) is 6.61 Å². The van der Waals surface area contributed by atoms with Crippen LogP contribution in [0.2, 0.25) is 0 Å². The molecule has 0 bridgehead atoms. The summed E-state index contributed by atoms with van der Waals surface area (Å²) in [6.07, 6.45) is 5.78. The van der Waals surface area contributed by atoms with E-state index in [9.17, 15) is 24.3 Å². The number of unbranched alkanes of at least 4 members (excludes halogenated alkanes) is 4. The molecule has 0 aliphatic rings. The summed E-state index contributed by atoms with van der Waals surface area (Å²) >= 11 is 0. The van der Waals surface area contributed by atoms with Gasteiger partial charge < -0.3 is 25.6 Å². The SMILES string of the molecule is CCCCCCCOc1ccc(C(=O)Oc2ccc(CC(NC(=O)c3ccc(C(N)=O)cc3)C(=O)O)cc2)cc1. The number of primary amides is 1. The standard InChI is InChI=1S/C31H34N2O7/c1-2-3-4-5-6-19-39-25-17-13-24(14-18-25)31(38)40-26-15-7-21(8-16-26)20-27(30(36)37)33-29(35)23-11-9-22(10-12-23)28(32)34/h7-18,27H,2-6,19-20H2,1H3,(H2,32,34)(H,33,35)(H,36,37). The minimum absolute atomic E-state index is 0.00867. The number of amides is 2. The molecule has 0 aromatic heterocycles. The van der Waals surface area contributed by atoms with Crippen molar-refractivity contribution in [1.82, 2.24) is 5.32 Å². The molecule has 0 saturated carbocycles. The van der Waals surface area contributed by atoms with Crippen molar-refractivity contribution in [1.29, 1.82) is 0 Å². The minimum atomic E-state index is -1.21. The van der Waals surface area contributed by atoms with Gasteiger partial charge in [-0.05, 0) is 72.6 Å². The van der Waals surface area contributed by atoms with Crippen molar-refractivity contribution < 1.29 is 33.8 Å². The molecule has 0 aliphatic heterocycles. The highest BCUT2D eigenvalue weighted by Gasteiger charge is 2.21. The van der Waals surface area contributed by atoms with E-state index in [4.69, 9.17) is 15.2 Å². The highest BCUT2D eigenvalue weighted by molar-refractivity contribution is 5.98. The first-order valence-electron chi connectivity index (χ1n) is 13.2. The molecule has 210 valence electrons. The maximum absolute atomic E-state index is 12.5. The molecule has 2 amide bonds. The topological polar surface area (TPSA) is 145 Å². The quantitative estimate of drug-likeness (QED) is 0.141. The summed E-state index contributed by atoms with van der Waals surface area (Å²) in [4.78, 5) is 48.0. The van der Waals surface area contributed by atoms with Crippen molar-refractivity contribution in [3.05, 3.63) is 95.1 Å². The second-order valence-corrected chi connectivity index (χ2v) is 9.33. The highest BCUT2D eigenvalue weighted by Crippen LogP contribution is 2.18. The molecule has 3 aromatic rings. The van der Waals surface area contributed by atoms with Crippen molar-refractivity contribution in [2.45, 2.75) is 51.5 Å². The van der Waals surface area contributed by atoms with Gasteiger partial charge in [0.1, 0.15) is 17.5 Å². The number of aliphatic carboxylic acids is 1. The third-order valence-corrected chi connectivity index (χ3v) is 6.22. The van der Waals surface area contributed by atoms with E-state index in [0.29, 0.717) is 29.2 Å². The average molecular weight is 547 g/mol. The molecule has 0 spiro atoms. The Morgan fingerprint density at radius 2 is 1.35 bits per heavy atom. The first-order valence-corrected chi connectivity index (χ1v) is 13.2. The molecule has 3 rings (SSSR count). The normalized spacial score (nSPS) is 11.3. The van der Waals surface area contributed by atoms with Crippen molar-refractivity contribution >= 4 is 23.8 Å². The number of nitrogens with one attached hydrogen (secondary N) is 1. The summed E-state index contributed by atoms with van der Waals surface area (Å²) in [5, 5.41) is 12.1. The summed E-state index contributed by atoms with van der Waals surface area (Å²) in [7, 11) is 0. The molecule has 0 fully saturated rings. The maximum Gasteiger partial charge on any atom is 0.343 e. The molecule has 1 atom stereocenters. The van der Waals surface area contributed by atoms with Gasteiger partial charge in [0.15, 0.2) is 0 Å². The second-order valence-electron chi connectivity index (χ2n) is 9.33. The number of carboxylic acid groups (broad SMARTS) is 1. The van der Waals surface area contributed by atoms with E-state index < -0.39 is 29.8 Å². The lowest BCUT2D eigenvalue weighted by atomic mass is 10.0. The summed E-state index contributed by atoms with van der Waals surface area (Å²) in [5.41, 5.74) is 6.62. The number of carbonyl (C=O) groups excluding carboxylic acids is 3. The number of carbonyl (C=O) groups is 4. The molecule has 4 N–H and O–H groups in total. The number of ether oxygens (including phenoxy) is 2. The molecular formula is C31H34N2O7. The molecule has 0 saturated heterocycles.